The normalized spacial score (nSPS) is 15.4. The third kappa shape index (κ3) is 2.20. The fourth-order valence-electron chi connectivity index (χ4n) is 2.62. The van der Waals surface area contributed by atoms with Gasteiger partial charge >= 0.3 is 0 Å². The van der Waals surface area contributed by atoms with Crippen molar-refractivity contribution in [2.75, 3.05) is 11.0 Å². The zero-order valence-electron chi connectivity index (χ0n) is 11.3. The largest absolute Gasteiger partial charge is 0.460 e. The number of sulfonamides is 1. The van der Waals surface area contributed by atoms with Crippen LogP contribution in [0.2, 0.25) is 0 Å². The second-order valence-corrected chi connectivity index (χ2v) is 6.96. The fourth-order valence-corrected chi connectivity index (χ4v) is 3.24. The number of ketones is 1. The van der Waals surface area contributed by atoms with Crippen LogP contribution in [0.5, 0.6) is 0 Å². The van der Waals surface area contributed by atoms with Crippen molar-refractivity contribution in [2.45, 2.75) is 26.2 Å². The Kier molecular flexibility index (Phi) is 2.86. The van der Waals surface area contributed by atoms with Gasteiger partial charge in [-0.05, 0) is 31.0 Å². The zero-order valence-corrected chi connectivity index (χ0v) is 12.1. The third-order valence-corrected chi connectivity index (χ3v) is 4.08. The molecule has 1 aliphatic carbocycles. The van der Waals surface area contributed by atoms with E-state index in [9.17, 15) is 13.2 Å². The minimum atomic E-state index is -3.35. The van der Waals surface area contributed by atoms with Gasteiger partial charge in [0.15, 0.2) is 5.78 Å². The number of hydrogen-bond acceptors (Lipinski definition) is 4. The topological polar surface area (TPSA) is 76.4 Å². The second-order valence-electron chi connectivity index (χ2n) is 5.21. The number of nitrogens with one attached hydrogen (secondary N) is 1. The fraction of sp³-hybridized carbons (Fsp3) is 0.357. The molecule has 0 spiro atoms. The molecule has 20 heavy (non-hydrogen) atoms. The monoisotopic (exact) mass is 293 g/mol. The van der Waals surface area contributed by atoms with E-state index in [1.807, 2.05) is 0 Å². The molecular formula is C14H15NO4S. The van der Waals surface area contributed by atoms with Gasteiger partial charge in [0, 0.05) is 18.2 Å². The highest BCUT2D eigenvalue weighted by Crippen LogP contribution is 2.35. The van der Waals surface area contributed by atoms with Crippen LogP contribution >= 0.6 is 0 Å². The molecule has 1 aromatic carbocycles. The van der Waals surface area contributed by atoms with E-state index in [1.54, 1.807) is 19.1 Å². The van der Waals surface area contributed by atoms with E-state index in [1.165, 1.54) is 0 Å². The van der Waals surface area contributed by atoms with E-state index >= 15 is 0 Å². The lowest BCUT2D eigenvalue weighted by Gasteiger charge is -2.09. The molecule has 3 rings (SSSR count). The number of fused-ring (bicyclic) bond motifs is 3. The number of benzene rings is 1. The standard InChI is InChI=1S/C14H15NO4S/c1-8-6-13-9(7-10(8)15-20(2,17)18)14-11(16)4-3-5-12(14)19-13/h6-7,15H,3-5H2,1-2H3. The van der Waals surface area contributed by atoms with Gasteiger partial charge < -0.3 is 4.42 Å². The van der Waals surface area contributed by atoms with Gasteiger partial charge in [0.25, 0.3) is 0 Å². The van der Waals surface area contributed by atoms with Crippen LogP contribution in [0.1, 0.15) is 34.5 Å². The van der Waals surface area contributed by atoms with Crippen LogP contribution in [0.25, 0.3) is 11.0 Å². The summed E-state index contributed by atoms with van der Waals surface area (Å²) in [6.45, 7) is 1.80. The second kappa shape index (κ2) is 4.34. The van der Waals surface area contributed by atoms with Gasteiger partial charge in [-0.1, -0.05) is 0 Å². The quantitative estimate of drug-likeness (QED) is 0.923. The van der Waals surface area contributed by atoms with Crippen LogP contribution in [-0.2, 0) is 16.4 Å². The number of Topliss-reactive ketones (excluding diaryl/α,β-unsaturated/α-hetero) is 1. The predicted molar refractivity (Wildman–Crippen MR) is 76.7 cm³/mol. The number of furan rings is 1. The Balaban J connectivity index is 2.23. The summed E-state index contributed by atoms with van der Waals surface area (Å²) in [5.41, 5.74) is 2.51. The molecule has 0 unspecified atom stereocenters. The summed E-state index contributed by atoms with van der Waals surface area (Å²) in [5.74, 6) is 0.784. The molecule has 0 atom stereocenters. The summed E-state index contributed by atoms with van der Waals surface area (Å²) in [6.07, 6.45) is 3.18. The van der Waals surface area contributed by atoms with E-state index in [4.69, 9.17) is 4.42 Å². The molecule has 0 saturated carbocycles. The summed E-state index contributed by atoms with van der Waals surface area (Å²) in [6, 6.07) is 3.46. The first-order valence-corrected chi connectivity index (χ1v) is 8.31. The predicted octanol–water partition coefficient (Wildman–Crippen LogP) is 2.63. The van der Waals surface area contributed by atoms with Gasteiger partial charge in [0.2, 0.25) is 10.0 Å². The Morgan fingerprint density at radius 2 is 2.00 bits per heavy atom. The molecule has 0 radical (unpaired) electrons. The van der Waals surface area contributed by atoms with E-state index in [0.717, 1.165) is 24.7 Å². The molecule has 1 N–H and O–H groups in total. The van der Waals surface area contributed by atoms with E-state index in [2.05, 4.69) is 4.72 Å². The molecule has 2 aromatic rings. The molecule has 1 heterocycles. The maximum Gasteiger partial charge on any atom is 0.229 e. The van der Waals surface area contributed by atoms with E-state index in [0.29, 0.717) is 34.4 Å². The van der Waals surface area contributed by atoms with Crippen molar-refractivity contribution in [2.24, 2.45) is 0 Å². The Morgan fingerprint density at radius 3 is 2.70 bits per heavy atom. The van der Waals surface area contributed by atoms with Crippen LogP contribution in [0.4, 0.5) is 5.69 Å². The zero-order chi connectivity index (χ0) is 14.5. The first-order valence-electron chi connectivity index (χ1n) is 6.42. The first kappa shape index (κ1) is 13.2. The molecule has 0 bridgehead atoms. The van der Waals surface area contributed by atoms with Gasteiger partial charge in [0.05, 0.1) is 17.5 Å². The molecule has 6 heteroatoms. The maximum absolute atomic E-state index is 12.0. The Bertz CT molecular complexity index is 817. The molecular weight excluding hydrogens is 278 g/mol. The SMILES string of the molecule is Cc1cc2oc3c(c2cc1NS(C)(=O)=O)C(=O)CCC3. The van der Waals surface area contributed by atoms with Gasteiger partial charge in [-0.2, -0.15) is 0 Å². The molecule has 5 nitrogen and oxygen atoms in total. The van der Waals surface area contributed by atoms with E-state index in [-0.39, 0.29) is 5.78 Å². The number of aryl methyl sites for hydroxylation is 2. The van der Waals surface area contributed by atoms with Crippen molar-refractivity contribution in [3.05, 3.63) is 29.0 Å². The van der Waals surface area contributed by atoms with Gasteiger partial charge in [-0.25, -0.2) is 8.42 Å². The molecule has 0 amide bonds. The van der Waals surface area contributed by atoms with Crippen molar-refractivity contribution in [1.29, 1.82) is 0 Å². The third-order valence-electron chi connectivity index (χ3n) is 3.49. The van der Waals surface area contributed by atoms with Crippen LogP contribution in [0, 0.1) is 6.92 Å². The lowest BCUT2D eigenvalue weighted by Crippen LogP contribution is -2.11. The van der Waals surface area contributed by atoms with Gasteiger partial charge in [-0.15, -0.1) is 0 Å². The Hall–Kier alpha value is -1.82. The summed E-state index contributed by atoms with van der Waals surface area (Å²) in [5, 5.41) is 0.696. The van der Waals surface area contributed by atoms with Crippen LogP contribution in [-0.4, -0.2) is 20.5 Å². The average molecular weight is 293 g/mol. The summed E-state index contributed by atoms with van der Waals surface area (Å²) < 4.78 is 31.0. The number of anilines is 1. The highest BCUT2D eigenvalue weighted by molar-refractivity contribution is 7.92. The van der Waals surface area contributed by atoms with Gasteiger partial charge in [-0.3, -0.25) is 9.52 Å². The minimum Gasteiger partial charge on any atom is -0.460 e. The summed E-state index contributed by atoms with van der Waals surface area (Å²) in [7, 11) is -3.35. The number of carbonyl (C=O) groups is 1. The first-order chi connectivity index (χ1) is 9.35. The van der Waals surface area contributed by atoms with Crippen LogP contribution in [0.3, 0.4) is 0 Å². The molecule has 1 aliphatic rings. The molecule has 106 valence electrons. The number of hydrogen-bond donors (Lipinski definition) is 1. The highest BCUT2D eigenvalue weighted by Gasteiger charge is 2.25. The average Bonchev–Trinajstić information content (AvgIpc) is 2.66. The molecule has 1 aromatic heterocycles. The lowest BCUT2D eigenvalue weighted by atomic mass is 9.94. The summed E-state index contributed by atoms with van der Waals surface area (Å²) >= 11 is 0. The summed E-state index contributed by atoms with van der Waals surface area (Å²) in [4.78, 5) is 12.0. The highest BCUT2D eigenvalue weighted by atomic mass is 32.2. The van der Waals surface area contributed by atoms with Crippen LogP contribution < -0.4 is 4.72 Å². The van der Waals surface area contributed by atoms with Crippen molar-refractivity contribution < 1.29 is 17.6 Å². The van der Waals surface area contributed by atoms with E-state index < -0.39 is 10.0 Å². The van der Waals surface area contributed by atoms with Crippen molar-refractivity contribution >= 4 is 32.5 Å². The lowest BCUT2D eigenvalue weighted by molar-refractivity contribution is 0.0971. The Labute approximate surface area is 117 Å². The molecule has 0 saturated heterocycles. The number of rotatable bonds is 2. The number of carbonyl (C=O) groups excluding carboxylic acids is 1. The van der Waals surface area contributed by atoms with Crippen molar-refractivity contribution in [3.63, 3.8) is 0 Å². The molecule has 0 aliphatic heterocycles. The van der Waals surface area contributed by atoms with Crippen LogP contribution in [0.15, 0.2) is 16.5 Å². The van der Waals surface area contributed by atoms with Crippen molar-refractivity contribution in [3.8, 4) is 0 Å². The molecule has 0 fully saturated rings. The maximum atomic E-state index is 12.0. The Morgan fingerprint density at radius 1 is 1.25 bits per heavy atom. The van der Waals surface area contributed by atoms with Gasteiger partial charge in [0.1, 0.15) is 11.3 Å². The van der Waals surface area contributed by atoms with Crippen molar-refractivity contribution in [1.82, 2.24) is 0 Å². The minimum absolute atomic E-state index is 0.0687. The smallest absolute Gasteiger partial charge is 0.229 e.